The Balaban J connectivity index is 2.71. The lowest BCUT2D eigenvalue weighted by Gasteiger charge is -2.24. The summed E-state index contributed by atoms with van der Waals surface area (Å²) < 4.78 is 52.5. The second-order valence-corrected chi connectivity index (χ2v) is 6.87. The zero-order valence-electron chi connectivity index (χ0n) is 16.0. The van der Waals surface area contributed by atoms with Gasteiger partial charge in [0.2, 0.25) is 0 Å². The monoisotopic (exact) mass is 448 g/mol. The molecule has 0 aromatic heterocycles. The number of ether oxygens (including phenoxy) is 2. The van der Waals surface area contributed by atoms with E-state index in [1.165, 1.54) is 19.1 Å². The van der Waals surface area contributed by atoms with Crippen molar-refractivity contribution in [3.8, 4) is 11.5 Å². The topological polar surface area (TPSA) is 35.5 Å². The second-order valence-electron chi connectivity index (χ2n) is 6.33. The smallest absolute Gasteiger partial charge is 0.417 e. The Morgan fingerprint density at radius 3 is 2.21 bits per heavy atom. The van der Waals surface area contributed by atoms with Crippen LogP contribution in [0.25, 0.3) is 0 Å². The van der Waals surface area contributed by atoms with Crippen LogP contribution < -0.4 is 9.47 Å². The van der Waals surface area contributed by atoms with Gasteiger partial charge in [-0.3, -0.25) is 0 Å². The number of unbranched alkanes of at least 4 members (excludes halogenated alkanes) is 1. The van der Waals surface area contributed by atoms with E-state index >= 15 is 0 Å². The number of benzene rings is 2. The van der Waals surface area contributed by atoms with Gasteiger partial charge in [0, 0.05) is 11.4 Å². The number of rotatable bonds is 8. The Morgan fingerprint density at radius 2 is 1.69 bits per heavy atom. The number of esters is 1. The molecule has 2 aromatic rings. The fourth-order valence-corrected chi connectivity index (χ4v) is 3.58. The quantitative estimate of drug-likeness (QED) is 0.191. The minimum atomic E-state index is -4.72. The molecule has 2 rings (SSSR count). The summed E-state index contributed by atoms with van der Waals surface area (Å²) in [6, 6.07) is 8.09. The average Bonchev–Trinajstić information content (AvgIpc) is 2.67. The maximum atomic E-state index is 13.8. The molecule has 0 fully saturated rings. The first-order valence-corrected chi connectivity index (χ1v) is 10.1. The van der Waals surface area contributed by atoms with Crippen molar-refractivity contribution >= 4 is 29.2 Å². The van der Waals surface area contributed by atoms with Gasteiger partial charge in [0.1, 0.15) is 17.1 Å². The summed E-state index contributed by atoms with van der Waals surface area (Å²) >= 11 is 11.8. The van der Waals surface area contributed by atoms with Crippen molar-refractivity contribution in [3.63, 3.8) is 0 Å². The van der Waals surface area contributed by atoms with Gasteiger partial charge >= 0.3 is 12.1 Å². The number of para-hydroxylation sites is 1. The maximum Gasteiger partial charge on any atom is 0.417 e. The zero-order valence-corrected chi connectivity index (χ0v) is 17.5. The highest BCUT2D eigenvalue weighted by atomic mass is 35.5. The first-order chi connectivity index (χ1) is 13.8. The first kappa shape index (κ1) is 23.4. The minimum absolute atomic E-state index is 0.00414. The van der Waals surface area contributed by atoms with E-state index < -0.39 is 23.6 Å². The Hall–Kier alpha value is -1.92. The molecular weight excluding hydrogens is 428 g/mol. The van der Waals surface area contributed by atoms with Crippen molar-refractivity contribution in [2.75, 3.05) is 6.61 Å². The molecule has 0 bridgehead atoms. The fourth-order valence-electron chi connectivity index (χ4n) is 3.00. The predicted molar refractivity (Wildman–Crippen MR) is 107 cm³/mol. The standard InChI is InChI=1S/C21H21Cl2F3O3/c1-3-4-10-28-19-16(12-23)15(11-22)18(21(24,25)26)13(2)17(19)20(27)29-14-8-6-5-7-9-14/h5-9H,3-4,10-12H2,1-2H3. The van der Waals surface area contributed by atoms with E-state index in [0.29, 0.717) is 6.42 Å². The second kappa shape index (κ2) is 10.2. The lowest BCUT2D eigenvalue weighted by molar-refractivity contribution is -0.138. The molecule has 0 spiro atoms. The Morgan fingerprint density at radius 1 is 1.07 bits per heavy atom. The van der Waals surface area contributed by atoms with Crippen molar-refractivity contribution in [2.24, 2.45) is 0 Å². The highest BCUT2D eigenvalue weighted by molar-refractivity contribution is 6.19. The van der Waals surface area contributed by atoms with Crippen molar-refractivity contribution < 1.29 is 27.4 Å². The minimum Gasteiger partial charge on any atom is -0.492 e. The molecule has 158 valence electrons. The van der Waals surface area contributed by atoms with Crippen molar-refractivity contribution in [3.05, 3.63) is 58.1 Å². The van der Waals surface area contributed by atoms with Crippen molar-refractivity contribution in [1.82, 2.24) is 0 Å². The van der Waals surface area contributed by atoms with Crippen LogP contribution in [-0.4, -0.2) is 12.6 Å². The third-order valence-corrected chi connectivity index (χ3v) is 4.90. The largest absolute Gasteiger partial charge is 0.492 e. The third kappa shape index (κ3) is 5.37. The molecule has 3 nitrogen and oxygen atoms in total. The number of carbonyl (C=O) groups excluding carboxylic acids is 1. The van der Waals surface area contributed by atoms with Crippen LogP contribution in [0.4, 0.5) is 13.2 Å². The summed E-state index contributed by atoms with van der Waals surface area (Å²) in [5.74, 6) is -1.46. The van der Waals surface area contributed by atoms with Gasteiger partial charge in [-0.05, 0) is 36.6 Å². The van der Waals surface area contributed by atoms with Crippen LogP contribution in [0, 0.1) is 6.92 Å². The van der Waals surface area contributed by atoms with Gasteiger partial charge in [-0.1, -0.05) is 31.5 Å². The Labute approximate surface area is 177 Å². The summed E-state index contributed by atoms with van der Waals surface area (Å²) in [7, 11) is 0. The molecule has 0 unspecified atom stereocenters. The SMILES string of the molecule is CCCCOc1c(CCl)c(CCl)c(C(F)(F)F)c(C)c1C(=O)Oc1ccccc1. The number of hydrogen-bond donors (Lipinski definition) is 0. The van der Waals surface area contributed by atoms with Crippen LogP contribution in [0.5, 0.6) is 11.5 Å². The Kier molecular flexibility index (Phi) is 8.23. The normalized spacial score (nSPS) is 11.4. The highest BCUT2D eigenvalue weighted by Gasteiger charge is 2.40. The molecule has 0 atom stereocenters. The van der Waals surface area contributed by atoms with E-state index in [2.05, 4.69) is 0 Å². The molecule has 0 saturated heterocycles. The average molecular weight is 449 g/mol. The van der Waals surface area contributed by atoms with Gasteiger partial charge in [-0.25, -0.2) is 4.79 Å². The molecule has 29 heavy (non-hydrogen) atoms. The van der Waals surface area contributed by atoms with Gasteiger partial charge in [-0.15, -0.1) is 23.2 Å². The maximum absolute atomic E-state index is 13.8. The molecule has 2 aromatic carbocycles. The summed E-state index contributed by atoms with van der Waals surface area (Å²) in [6.07, 6.45) is -3.26. The predicted octanol–water partition coefficient (Wildman–Crippen LogP) is 6.89. The lowest BCUT2D eigenvalue weighted by Crippen LogP contribution is -2.21. The molecule has 8 heteroatoms. The first-order valence-electron chi connectivity index (χ1n) is 9.03. The van der Waals surface area contributed by atoms with Gasteiger partial charge in [0.15, 0.2) is 0 Å². The molecule has 0 saturated carbocycles. The van der Waals surface area contributed by atoms with E-state index in [4.69, 9.17) is 32.7 Å². The van der Waals surface area contributed by atoms with Crippen LogP contribution in [0.3, 0.4) is 0 Å². The molecule has 0 aliphatic carbocycles. The van der Waals surface area contributed by atoms with Gasteiger partial charge < -0.3 is 9.47 Å². The van der Waals surface area contributed by atoms with E-state index in [1.807, 2.05) is 6.92 Å². The van der Waals surface area contributed by atoms with Crippen molar-refractivity contribution in [2.45, 2.75) is 44.6 Å². The molecule has 0 N–H and O–H groups in total. The van der Waals surface area contributed by atoms with Gasteiger partial charge in [0.05, 0.1) is 18.1 Å². The lowest BCUT2D eigenvalue weighted by atomic mass is 9.91. The van der Waals surface area contributed by atoms with E-state index in [0.717, 1.165) is 6.42 Å². The highest BCUT2D eigenvalue weighted by Crippen LogP contribution is 2.44. The summed E-state index contributed by atoms with van der Waals surface area (Å²) in [5, 5.41) is 0. The molecule has 0 aliphatic heterocycles. The molecule has 0 aliphatic rings. The van der Waals surface area contributed by atoms with Gasteiger partial charge in [0.25, 0.3) is 0 Å². The molecule has 0 amide bonds. The fraction of sp³-hybridized carbons (Fsp3) is 0.381. The molecule has 0 radical (unpaired) electrons. The van der Waals surface area contributed by atoms with E-state index in [1.54, 1.807) is 18.2 Å². The number of hydrogen-bond acceptors (Lipinski definition) is 3. The number of alkyl halides is 5. The third-order valence-electron chi connectivity index (χ3n) is 4.37. The molecule has 0 heterocycles. The summed E-state index contributed by atoms with van der Waals surface area (Å²) in [6.45, 7) is 3.38. The zero-order chi connectivity index (χ0) is 21.6. The Bertz CT molecular complexity index is 853. The van der Waals surface area contributed by atoms with E-state index in [-0.39, 0.29) is 46.2 Å². The van der Waals surface area contributed by atoms with Crippen LogP contribution >= 0.6 is 23.2 Å². The number of halogens is 5. The van der Waals surface area contributed by atoms with E-state index in [9.17, 15) is 18.0 Å². The van der Waals surface area contributed by atoms with Crippen LogP contribution in [0.15, 0.2) is 30.3 Å². The summed E-state index contributed by atoms with van der Waals surface area (Å²) in [4.78, 5) is 12.9. The summed E-state index contributed by atoms with van der Waals surface area (Å²) in [5.41, 5.74) is -1.70. The van der Waals surface area contributed by atoms with Crippen molar-refractivity contribution in [1.29, 1.82) is 0 Å². The number of carbonyl (C=O) groups is 1. The van der Waals surface area contributed by atoms with Gasteiger partial charge in [-0.2, -0.15) is 13.2 Å². The molecular formula is C21H21Cl2F3O3. The van der Waals surface area contributed by atoms with Crippen LogP contribution in [-0.2, 0) is 17.9 Å². The van der Waals surface area contributed by atoms with Crippen LogP contribution in [0.1, 0.15) is 52.4 Å². The van der Waals surface area contributed by atoms with Crippen LogP contribution in [0.2, 0.25) is 0 Å².